The summed E-state index contributed by atoms with van der Waals surface area (Å²) < 4.78 is 0. The lowest BCUT2D eigenvalue weighted by molar-refractivity contribution is -1.03. The van der Waals surface area contributed by atoms with E-state index in [0.717, 1.165) is 0 Å². The Labute approximate surface area is 153 Å². The first-order valence-corrected chi connectivity index (χ1v) is 5.20. The van der Waals surface area contributed by atoms with Gasteiger partial charge in [0.2, 0.25) is 0 Å². The molecule has 0 N–H and O–H groups in total. The molecule has 0 unspecified atom stereocenters. The lowest BCUT2D eigenvalue weighted by Crippen LogP contribution is -2.48. The zero-order valence-electron chi connectivity index (χ0n) is 12.7. The van der Waals surface area contributed by atoms with Crippen LogP contribution in [0.25, 0.3) is 0 Å². The van der Waals surface area contributed by atoms with Gasteiger partial charge in [-0.25, -0.2) is 19.4 Å². The van der Waals surface area contributed by atoms with Crippen LogP contribution in [-0.2, 0) is 34.2 Å². The maximum absolute atomic E-state index is 9.83. The largest absolute Gasteiger partial charge is 0.548 e. The highest BCUT2D eigenvalue weighted by molar-refractivity contribution is 4.23. The molecule has 0 saturated heterocycles. The van der Waals surface area contributed by atoms with Crippen LogP contribution in [0.2, 0.25) is 0 Å². The van der Waals surface area contributed by atoms with Gasteiger partial charge in [-0.1, -0.05) is 0 Å². The van der Waals surface area contributed by atoms with E-state index in [2.05, 4.69) is 34.2 Å². The van der Waals surface area contributed by atoms with Crippen LogP contribution in [-0.4, -0.2) is 47.2 Å². The van der Waals surface area contributed by atoms with Gasteiger partial charge in [-0.3, -0.25) is 0 Å². The normalized spacial score (nSPS) is 9.50. The van der Waals surface area contributed by atoms with Crippen LogP contribution in [0.3, 0.4) is 0 Å². The third kappa shape index (κ3) is 14.7. The predicted octanol–water partition coefficient (Wildman–Crippen LogP) is -2.91. The second-order valence-corrected chi connectivity index (χ2v) is 2.90. The number of nitrogens with zero attached hydrogens (tertiary/aromatic N) is 8. The number of hydrogen-bond acceptors (Lipinski definition) is 22. The Hall–Kier alpha value is -5.64. The summed E-state index contributed by atoms with van der Waals surface area (Å²) in [6.45, 7) is 0. The Balaban J connectivity index is 0. The molecule has 0 heterocycles. The number of hydrogen-bond donors (Lipinski definition) is 0. The van der Waals surface area contributed by atoms with E-state index < -0.39 is 47.2 Å². The molecule has 0 aliphatic carbocycles. The predicted molar refractivity (Wildman–Crippen MR) is 61.1 cm³/mol. The zero-order chi connectivity index (χ0) is 24.1. The van der Waals surface area contributed by atoms with E-state index in [1.54, 1.807) is 0 Å². The Morgan fingerprint density at radius 2 is 0.633 bits per heavy atom. The van der Waals surface area contributed by atoms with Gasteiger partial charge < -0.3 is 0 Å². The molecule has 170 valence electrons. The molecule has 0 saturated carbocycles. The molecule has 29 nitrogen and oxygen atoms in total. The van der Waals surface area contributed by atoms with Crippen LogP contribution in [0.1, 0.15) is 0 Å². The first kappa shape index (κ1) is 26.6. The van der Waals surface area contributed by atoms with E-state index in [4.69, 9.17) is 0 Å². The molecule has 0 aromatic carbocycles. The first-order valence-electron chi connectivity index (χ1n) is 5.20. The van der Waals surface area contributed by atoms with Crippen molar-refractivity contribution in [1.82, 2.24) is 5.39 Å². The van der Waals surface area contributed by atoms with Crippen LogP contribution >= 0.6 is 0 Å². The molecule has 0 spiro atoms. The Morgan fingerprint density at radius 3 is 0.767 bits per heavy atom. The minimum atomic E-state index is -4.21. The van der Waals surface area contributed by atoms with E-state index >= 15 is 0 Å². The fourth-order valence-electron chi connectivity index (χ4n) is 0.673. The third-order valence-electron chi connectivity index (χ3n) is 1.15. The van der Waals surface area contributed by atoms with Crippen molar-refractivity contribution < 1.29 is 69.8 Å². The highest BCUT2D eigenvalue weighted by Crippen LogP contribution is 2.18. The summed E-state index contributed by atoms with van der Waals surface area (Å²) in [6, 6.07) is 0. The highest BCUT2D eigenvalue weighted by Gasteiger charge is 2.49. The van der Waals surface area contributed by atoms with E-state index in [9.17, 15) is 70.8 Å². The van der Waals surface area contributed by atoms with Crippen molar-refractivity contribution in [3.63, 3.8) is 0 Å². The second kappa shape index (κ2) is 11.9. The maximum Gasteiger partial charge on any atom is 0.548 e. The summed E-state index contributed by atoms with van der Waals surface area (Å²) in [7, 11) is 0. The van der Waals surface area contributed by atoms with Gasteiger partial charge in [0, 0.05) is 0 Å². The van der Waals surface area contributed by atoms with Gasteiger partial charge in [0.1, 0.15) is 0 Å². The summed E-state index contributed by atoms with van der Waals surface area (Å²) in [5, 5.41) is 54.4. The van der Waals surface area contributed by atoms with Gasteiger partial charge in [0.15, 0.2) is 5.39 Å². The van der Waals surface area contributed by atoms with Crippen LogP contribution in [0, 0.1) is 70.8 Å². The summed E-state index contributed by atoms with van der Waals surface area (Å²) in [5.74, 6) is 0. The van der Waals surface area contributed by atoms with Gasteiger partial charge in [-0.05, 0) is 0 Å². The molecular weight excluding hydrogens is 460 g/mol. The summed E-state index contributed by atoms with van der Waals surface area (Å²) in [4.78, 5) is 89.6. The monoisotopic (exact) mass is 460 g/mol. The summed E-state index contributed by atoms with van der Waals surface area (Å²) in [5.41, 5.74) is 0. The molecule has 0 aliphatic heterocycles. The molecule has 0 bridgehead atoms. The van der Waals surface area contributed by atoms with Crippen LogP contribution in [0.4, 0.5) is 0 Å². The van der Waals surface area contributed by atoms with Gasteiger partial charge >= 0.3 is 41.8 Å². The summed E-state index contributed by atoms with van der Waals surface area (Å²) in [6.07, 6.45) is -4.21. The van der Waals surface area contributed by atoms with Gasteiger partial charge in [0.05, 0.1) is 0 Å². The minimum absolute atomic E-state index is 1.00. The standard InChI is InChI=1S/CN4O12.N4O9/c6-2(7)14-1(15-3(8)9,16-4(10)11)17-5(12)13;5-1(6)11-4(12-2(7)8)13-3(9)10. The lowest BCUT2D eigenvalue weighted by atomic mass is 11.1. The Bertz CT molecular complexity index is 573. The first-order chi connectivity index (χ1) is 13.6. The molecular formula is CN8O21. The van der Waals surface area contributed by atoms with E-state index in [-0.39, 0.29) is 0 Å². The van der Waals surface area contributed by atoms with Crippen molar-refractivity contribution in [1.29, 1.82) is 0 Å². The Kier molecular flexibility index (Phi) is 10.5. The molecule has 0 rings (SSSR count). The van der Waals surface area contributed by atoms with Gasteiger partial charge in [-0.15, -0.1) is 70.8 Å². The van der Waals surface area contributed by atoms with E-state index in [1.165, 1.54) is 0 Å². The smallest absolute Gasteiger partial charge is 0.220 e. The molecule has 0 radical (unpaired) electrons. The molecule has 0 aromatic rings. The van der Waals surface area contributed by atoms with Crippen molar-refractivity contribution in [3.05, 3.63) is 70.8 Å². The fourth-order valence-corrected chi connectivity index (χ4v) is 0.673. The minimum Gasteiger partial charge on any atom is -0.220 e. The highest BCUT2D eigenvalue weighted by atomic mass is 17.4. The molecule has 0 aliphatic rings. The lowest BCUT2D eigenvalue weighted by Gasteiger charge is -2.22. The molecule has 0 atom stereocenters. The third-order valence-corrected chi connectivity index (χ3v) is 1.15. The average molecular weight is 460 g/mol. The van der Waals surface area contributed by atoms with E-state index in [0.29, 0.717) is 0 Å². The maximum atomic E-state index is 9.83. The fraction of sp³-hybridized carbons (Fsp3) is 1.00. The SMILES string of the molecule is O=[N+]([O-])OC(O[N+](=O)[O-])(O[N+](=O)[O-])O[N+](=O)[O-].O=[N+]([O-])ON(O[N+](=O)[O-])O[N+](=O)[O-]. The van der Waals surface area contributed by atoms with Crippen molar-refractivity contribution in [2.45, 2.75) is 6.16 Å². The molecule has 0 aromatic heterocycles. The quantitative estimate of drug-likeness (QED) is 0.142. The second-order valence-electron chi connectivity index (χ2n) is 2.90. The molecule has 29 heteroatoms. The topological polar surface area (TPSA) is 370 Å². The van der Waals surface area contributed by atoms with Gasteiger partial charge in [0.25, 0.3) is 0 Å². The van der Waals surface area contributed by atoms with Gasteiger partial charge in [-0.2, -0.15) is 14.8 Å². The zero-order valence-corrected chi connectivity index (χ0v) is 12.7. The van der Waals surface area contributed by atoms with Crippen LogP contribution in [0.15, 0.2) is 0 Å². The molecule has 0 fully saturated rings. The van der Waals surface area contributed by atoms with Crippen LogP contribution < -0.4 is 0 Å². The van der Waals surface area contributed by atoms with Crippen molar-refractivity contribution >= 4 is 0 Å². The van der Waals surface area contributed by atoms with E-state index in [1.807, 2.05) is 0 Å². The molecule has 30 heavy (non-hydrogen) atoms. The van der Waals surface area contributed by atoms with Crippen LogP contribution in [0.5, 0.6) is 0 Å². The molecule has 0 amide bonds. The van der Waals surface area contributed by atoms with Crippen molar-refractivity contribution in [3.8, 4) is 0 Å². The van der Waals surface area contributed by atoms with Crippen molar-refractivity contribution in [2.75, 3.05) is 0 Å². The Morgan fingerprint density at radius 1 is 0.433 bits per heavy atom. The van der Waals surface area contributed by atoms with Crippen molar-refractivity contribution in [2.24, 2.45) is 0 Å². The summed E-state index contributed by atoms with van der Waals surface area (Å²) >= 11 is 0. The number of rotatable bonds is 14. The average Bonchev–Trinajstić information content (AvgIpc) is 2.41.